The highest BCUT2D eigenvalue weighted by molar-refractivity contribution is 9.11. The number of rotatable bonds is 5. The number of methoxy groups -OCH3 is 1. The van der Waals surface area contributed by atoms with Crippen molar-refractivity contribution in [2.75, 3.05) is 18.6 Å². The minimum atomic E-state index is -0.166. The molecule has 1 aliphatic heterocycles. The summed E-state index contributed by atoms with van der Waals surface area (Å²) in [7, 11) is 1.71. The van der Waals surface area contributed by atoms with Crippen molar-refractivity contribution in [3.63, 3.8) is 0 Å². The monoisotopic (exact) mass is 491 g/mol. The van der Waals surface area contributed by atoms with Crippen LogP contribution in [-0.4, -0.2) is 13.7 Å². The molecule has 0 amide bonds. The average Bonchev–Trinajstić information content (AvgIpc) is 3.25. The first-order valence-electron chi connectivity index (χ1n) is 10.3. The van der Waals surface area contributed by atoms with E-state index in [4.69, 9.17) is 9.47 Å². The first-order chi connectivity index (χ1) is 15.2. The molecule has 0 aliphatic carbocycles. The van der Waals surface area contributed by atoms with Crippen LogP contribution < -0.4 is 14.4 Å². The van der Waals surface area contributed by atoms with Gasteiger partial charge in [0.15, 0.2) is 6.10 Å². The molecule has 31 heavy (non-hydrogen) atoms. The number of fused-ring (bicyclic) bond motifs is 3. The molecule has 3 nitrogen and oxygen atoms in total. The molecule has 0 radical (unpaired) electrons. The summed E-state index contributed by atoms with van der Waals surface area (Å²) in [5.74, 6) is 1.68. The van der Waals surface area contributed by atoms with Crippen molar-refractivity contribution in [1.29, 1.82) is 0 Å². The number of thiophene rings is 1. The van der Waals surface area contributed by atoms with E-state index in [1.807, 2.05) is 24.3 Å². The van der Waals surface area contributed by atoms with Crippen molar-refractivity contribution in [2.45, 2.75) is 13.0 Å². The predicted octanol–water partition coefficient (Wildman–Crippen LogP) is 7.83. The largest absolute Gasteiger partial charge is 0.496 e. The third kappa shape index (κ3) is 3.62. The smallest absolute Gasteiger partial charge is 0.159 e. The van der Waals surface area contributed by atoms with Crippen LogP contribution in [0.4, 0.5) is 11.4 Å². The van der Waals surface area contributed by atoms with Gasteiger partial charge in [-0.15, -0.1) is 11.3 Å². The van der Waals surface area contributed by atoms with Crippen molar-refractivity contribution in [3.8, 4) is 22.6 Å². The molecule has 1 atom stereocenters. The highest BCUT2D eigenvalue weighted by Crippen LogP contribution is 2.51. The predicted molar refractivity (Wildman–Crippen MR) is 132 cm³/mol. The first-order valence-corrected chi connectivity index (χ1v) is 11.9. The minimum absolute atomic E-state index is 0.166. The lowest BCUT2D eigenvalue weighted by atomic mass is 9.90. The van der Waals surface area contributed by atoms with Gasteiger partial charge in [-0.3, -0.25) is 0 Å². The van der Waals surface area contributed by atoms with Gasteiger partial charge in [-0.25, -0.2) is 0 Å². The van der Waals surface area contributed by atoms with Gasteiger partial charge in [0.2, 0.25) is 0 Å². The van der Waals surface area contributed by atoms with E-state index >= 15 is 0 Å². The van der Waals surface area contributed by atoms with Crippen LogP contribution in [0.5, 0.6) is 11.5 Å². The fourth-order valence-corrected chi connectivity index (χ4v) is 5.67. The highest BCUT2D eigenvalue weighted by atomic mass is 79.9. The maximum Gasteiger partial charge on any atom is 0.159 e. The summed E-state index contributed by atoms with van der Waals surface area (Å²) < 4.78 is 13.3. The Balaban J connectivity index is 1.69. The second-order valence-electron chi connectivity index (χ2n) is 7.32. The topological polar surface area (TPSA) is 21.7 Å². The summed E-state index contributed by atoms with van der Waals surface area (Å²) in [6.07, 6.45) is -0.166. The molecule has 0 saturated carbocycles. The van der Waals surface area contributed by atoms with E-state index in [0.29, 0.717) is 0 Å². The second kappa shape index (κ2) is 8.40. The van der Waals surface area contributed by atoms with Gasteiger partial charge in [0.05, 0.1) is 21.3 Å². The van der Waals surface area contributed by atoms with E-state index < -0.39 is 0 Å². The quantitative estimate of drug-likeness (QED) is 0.284. The van der Waals surface area contributed by atoms with Crippen LogP contribution in [0.2, 0.25) is 0 Å². The van der Waals surface area contributed by atoms with Gasteiger partial charge < -0.3 is 14.4 Å². The van der Waals surface area contributed by atoms with Crippen LogP contribution in [0.1, 0.15) is 23.5 Å². The molecule has 5 rings (SSSR count). The molecular formula is C26H22BrNO2S. The molecule has 5 heteroatoms. The van der Waals surface area contributed by atoms with Gasteiger partial charge in [-0.1, -0.05) is 30.3 Å². The fourth-order valence-electron chi connectivity index (χ4n) is 4.20. The lowest BCUT2D eigenvalue weighted by Gasteiger charge is -2.31. The number of hydrogen-bond donors (Lipinski definition) is 0. The summed E-state index contributed by atoms with van der Waals surface area (Å²) in [4.78, 5) is 3.49. The van der Waals surface area contributed by atoms with Gasteiger partial charge in [0.25, 0.3) is 0 Å². The lowest BCUT2D eigenvalue weighted by Crippen LogP contribution is -2.19. The normalized spacial score (nSPS) is 14.4. The minimum Gasteiger partial charge on any atom is -0.496 e. The summed E-state index contributed by atoms with van der Waals surface area (Å²) in [5, 5.41) is 0. The Morgan fingerprint density at radius 3 is 2.52 bits per heavy atom. The summed E-state index contributed by atoms with van der Waals surface area (Å²) in [5.41, 5.74) is 5.64. The lowest BCUT2D eigenvalue weighted by molar-refractivity contribution is 0.246. The number of benzene rings is 3. The van der Waals surface area contributed by atoms with Crippen LogP contribution in [0.25, 0.3) is 11.1 Å². The first kappa shape index (κ1) is 20.2. The zero-order valence-electron chi connectivity index (χ0n) is 17.3. The van der Waals surface area contributed by atoms with E-state index in [-0.39, 0.29) is 6.10 Å². The number of para-hydroxylation sites is 1. The van der Waals surface area contributed by atoms with Crippen LogP contribution >= 0.6 is 27.3 Å². The van der Waals surface area contributed by atoms with Gasteiger partial charge >= 0.3 is 0 Å². The fraction of sp³-hybridized carbons (Fsp3) is 0.154. The molecule has 1 unspecified atom stereocenters. The summed E-state index contributed by atoms with van der Waals surface area (Å²) >= 11 is 5.31. The molecular weight excluding hydrogens is 470 g/mol. The Kier molecular flexibility index (Phi) is 5.47. The zero-order valence-corrected chi connectivity index (χ0v) is 19.7. The maximum absolute atomic E-state index is 6.57. The van der Waals surface area contributed by atoms with Crippen molar-refractivity contribution < 1.29 is 9.47 Å². The second-order valence-corrected chi connectivity index (χ2v) is 9.82. The Hall–Kier alpha value is -2.76. The van der Waals surface area contributed by atoms with Crippen molar-refractivity contribution in [3.05, 3.63) is 93.1 Å². The van der Waals surface area contributed by atoms with Gasteiger partial charge in [0, 0.05) is 23.5 Å². The standard InChI is InChI=1S/C26H22BrNO2S/c1-3-28(17-8-5-4-6-9-17)18-12-13-19-20(16-18)26(23-14-15-24(27)31-23)30-22-11-7-10-21(29-2)25(19)22/h4-16,26H,3H2,1-2H3. The molecule has 4 aromatic rings. The van der Waals surface area contributed by atoms with E-state index in [2.05, 4.69) is 82.4 Å². The molecule has 2 heterocycles. The van der Waals surface area contributed by atoms with E-state index in [9.17, 15) is 0 Å². The molecule has 156 valence electrons. The molecule has 0 saturated heterocycles. The third-order valence-corrected chi connectivity index (χ3v) is 7.25. The Labute approximate surface area is 195 Å². The van der Waals surface area contributed by atoms with Crippen molar-refractivity contribution in [1.82, 2.24) is 0 Å². The molecule has 0 fully saturated rings. The zero-order chi connectivity index (χ0) is 21.4. The van der Waals surface area contributed by atoms with E-state index in [0.717, 1.165) is 44.2 Å². The van der Waals surface area contributed by atoms with Crippen molar-refractivity contribution >= 4 is 38.6 Å². The molecule has 3 aromatic carbocycles. The Morgan fingerprint density at radius 1 is 0.968 bits per heavy atom. The molecule has 1 aliphatic rings. The van der Waals surface area contributed by atoms with E-state index in [1.54, 1.807) is 18.4 Å². The molecule has 0 bridgehead atoms. The molecule has 0 spiro atoms. The van der Waals surface area contributed by atoms with Crippen LogP contribution in [0, 0.1) is 0 Å². The molecule has 1 aromatic heterocycles. The van der Waals surface area contributed by atoms with Crippen molar-refractivity contribution in [2.24, 2.45) is 0 Å². The number of halogens is 1. The Bertz CT molecular complexity index is 1220. The van der Waals surface area contributed by atoms with Gasteiger partial charge in [-0.2, -0.15) is 0 Å². The number of ether oxygens (including phenoxy) is 2. The van der Waals surface area contributed by atoms with Gasteiger partial charge in [-0.05, 0) is 76.9 Å². The summed E-state index contributed by atoms with van der Waals surface area (Å²) in [6.45, 7) is 3.05. The number of anilines is 2. The van der Waals surface area contributed by atoms with Crippen LogP contribution in [0.3, 0.4) is 0 Å². The summed E-state index contributed by atoms with van der Waals surface area (Å²) in [6, 6.07) is 27.4. The van der Waals surface area contributed by atoms with Crippen LogP contribution in [-0.2, 0) is 0 Å². The Morgan fingerprint density at radius 2 is 1.81 bits per heavy atom. The van der Waals surface area contributed by atoms with E-state index in [1.165, 1.54) is 10.6 Å². The third-order valence-electron chi connectivity index (χ3n) is 5.59. The average molecular weight is 492 g/mol. The SMILES string of the molecule is CCN(c1ccccc1)c1ccc2c(c1)C(c1ccc(Br)s1)Oc1cccc(OC)c1-2. The highest BCUT2D eigenvalue weighted by Gasteiger charge is 2.31. The van der Waals surface area contributed by atoms with Crippen LogP contribution in [0.15, 0.2) is 82.6 Å². The number of nitrogens with zero attached hydrogens (tertiary/aromatic N) is 1. The maximum atomic E-state index is 6.57. The number of hydrogen-bond acceptors (Lipinski definition) is 4. The molecule has 0 N–H and O–H groups in total. The van der Waals surface area contributed by atoms with Gasteiger partial charge in [0.1, 0.15) is 11.5 Å².